The van der Waals surface area contributed by atoms with Gasteiger partial charge in [-0.05, 0) is 43.4 Å². The predicted octanol–water partition coefficient (Wildman–Crippen LogP) is 5.85. The minimum atomic E-state index is 0.442. The molecule has 1 aliphatic rings. The van der Waals surface area contributed by atoms with Crippen molar-refractivity contribution in [3.63, 3.8) is 0 Å². The third-order valence-corrected chi connectivity index (χ3v) is 6.24. The van der Waals surface area contributed by atoms with Crippen LogP contribution in [-0.2, 0) is 0 Å². The Balaban J connectivity index is 2.17. The van der Waals surface area contributed by atoms with Crippen LogP contribution >= 0.6 is 47.2 Å². The summed E-state index contributed by atoms with van der Waals surface area (Å²) in [6, 6.07) is 4.23. The van der Waals surface area contributed by atoms with Crippen molar-refractivity contribution < 1.29 is 0 Å². The Morgan fingerprint density at radius 2 is 1.95 bits per heavy atom. The fourth-order valence-corrected chi connectivity index (χ4v) is 4.74. The lowest BCUT2D eigenvalue weighted by molar-refractivity contribution is 0.369. The molecule has 6 heteroatoms. The van der Waals surface area contributed by atoms with Crippen LogP contribution in [0.15, 0.2) is 12.1 Å². The number of rotatable bonds is 2. The van der Waals surface area contributed by atoms with Gasteiger partial charge in [-0.2, -0.15) is 11.8 Å². The van der Waals surface area contributed by atoms with E-state index in [1.54, 1.807) is 0 Å². The normalized spacial score (nSPS) is 23.4. The molecule has 0 spiro atoms. The molecule has 3 rings (SSSR count). The van der Waals surface area contributed by atoms with Gasteiger partial charge in [-0.1, -0.05) is 36.0 Å². The summed E-state index contributed by atoms with van der Waals surface area (Å²) in [6.07, 6.45) is 7.18. The summed E-state index contributed by atoms with van der Waals surface area (Å²) >= 11 is 19.7. The topological polar surface area (TPSA) is 20.7 Å². The minimum absolute atomic E-state index is 0.442. The number of fused-ring (bicyclic) bond motifs is 1. The lowest BCUT2D eigenvalue weighted by Gasteiger charge is -2.31. The van der Waals surface area contributed by atoms with Crippen molar-refractivity contribution in [1.29, 1.82) is 0 Å². The quantitative estimate of drug-likeness (QED) is 0.688. The van der Waals surface area contributed by atoms with Crippen LogP contribution in [0.2, 0.25) is 10.0 Å². The number of H-pyrrole nitrogens is 1. The van der Waals surface area contributed by atoms with Gasteiger partial charge in [0.1, 0.15) is 0 Å². The molecule has 0 radical (unpaired) electrons. The summed E-state index contributed by atoms with van der Waals surface area (Å²) in [6.45, 7) is 0. The second-order valence-electron chi connectivity index (χ2n) is 5.21. The monoisotopic (exact) mass is 346 g/mol. The van der Waals surface area contributed by atoms with E-state index in [1.807, 2.05) is 23.9 Å². The molecule has 1 saturated carbocycles. The molecule has 0 bridgehead atoms. The van der Waals surface area contributed by atoms with Gasteiger partial charge in [0.15, 0.2) is 4.77 Å². The first kappa shape index (κ1) is 14.8. The number of aromatic amines is 1. The number of imidazole rings is 1. The van der Waals surface area contributed by atoms with Crippen LogP contribution in [0, 0.1) is 4.77 Å². The number of thioether (sulfide) groups is 1. The van der Waals surface area contributed by atoms with Gasteiger partial charge < -0.3 is 9.55 Å². The van der Waals surface area contributed by atoms with Crippen LogP contribution in [0.3, 0.4) is 0 Å². The number of hydrogen-bond acceptors (Lipinski definition) is 2. The zero-order valence-electron chi connectivity index (χ0n) is 11.2. The number of nitrogens with zero attached hydrogens (tertiary/aromatic N) is 1. The van der Waals surface area contributed by atoms with Crippen LogP contribution in [0.5, 0.6) is 0 Å². The molecule has 1 fully saturated rings. The van der Waals surface area contributed by atoms with Crippen molar-refractivity contribution in [1.82, 2.24) is 9.55 Å². The number of aromatic nitrogens is 2. The van der Waals surface area contributed by atoms with Gasteiger partial charge in [0, 0.05) is 11.3 Å². The average Bonchev–Trinajstić information content (AvgIpc) is 2.74. The fourth-order valence-electron chi connectivity index (χ4n) is 3.10. The van der Waals surface area contributed by atoms with E-state index >= 15 is 0 Å². The van der Waals surface area contributed by atoms with Crippen molar-refractivity contribution >= 4 is 58.2 Å². The van der Waals surface area contributed by atoms with E-state index in [4.69, 9.17) is 35.4 Å². The maximum absolute atomic E-state index is 6.18. The van der Waals surface area contributed by atoms with Crippen molar-refractivity contribution in [2.45, 2.75) is 37.0 Å². The SMILES string of the molecule is CSC1CCCCC1n1c(=S)[nH]c2cc(Cl)c(Cl)cc21. The van der Waals surface area contributed by atoms with E-state index in [0.29, 0.717) is 21.3 Å². The second kappa shape index (κ2) is 5.91. The van der Waals surface area contributed by atoms with Crippen molar-refractivity contribution in [3.8, 4) is 0 Å². The van der Waals surface area contributed by atoms with Crippen molar-refractivity contribution in [2.75, 3.05) is 6.26 Å². The first-order valence-electron chi connectivity index (χ1n) is 6.74. The summed E-state index contributed by atoms with van der Waals surface area (Å²) in [4.78, 5) is 3.26. The molecule has 108 valence electrons. The molecule has 1 heterocycles. The molecule has 20 heavy (non-hydrogen) atoms. The van der Waals surface area contributed by atoms with E-state index in [9.17, 15) is 0 Å². The molecule has 0 amide bonds. The van der Waals surface area contributed by atoms with Crippen molar-refractivity contribution in [2.24, 2.45) is 0 Å². The van der Waals surface area contributed by atoms with Gasteiger partial charge in [-0.15, -0.1) is 0 Å². The van der Waals surface area contributed by atoms with Gasteiger partial charge in [-0.3, -0.25) is 0 Å². The highest BCUT2D eigenvalue weighted by Gasteiger charge is 2.27. The Morgan fingerprint density at radius 1 is 1.25 bits per heavy atom. The van der Waals surface area contributed by atoms with E-state index in [0.717, 1.165) is 15.8 Å². The molecular weight excluding hydrogens is 331 g/mol. The minimum Gasteiger partial charge on any atom is -0.331 e. The first-order valence-corrected chi connectivity index (χ1v) is 9.19. The van der Waals surface area contributed by atoms with E-state index in [2.05, 4.69) is 15.8 Å². The Morgan fingerprint density at radius 3 is 2.70 bits per heavy atom. The highest BCUT2D eigenvalue weighted by molar-refractivity contribution is 7.99. The molecule has 1 aromatic heterocycles. The highest BCUT2D eigenvalue weighted by atomic mass is 35.5. The molecule has 1 N–H and O–H groups in total. The number of halogens is 2. The number of benzene rings is 1. The Hall–Kier alpha value is -0.160. The zero-order valence-corrected chi connectivity index (χ0v) is 14.3. The first-order chi connectivity index (χ1) is 9.61. The summed E-state index contributed by atoms with van der Waals surface area (Å²) < 4.78 is 3.01. The molecule has 1 aliphatic carbocycles. The molecular formula is C14H16Cl2N2S2. The number of hydrogen-bond donors (Lipinski definition) is 1. The molecule has 0 saturated heterocycles. The summed E-state index contributed by atoms with van der Waals surface area (Å²) in [5, 5.41) is 1.76. The smallest absolute Gasteiger partial charge is 0.178 e. The van der Waals surface area contributed by atoms with Gasteiger partial charge in [-0.25, -0.2) is 0 Å². The van der Waals surface area contributed by atoms with Gasteiger partial charge in [0.25, 0.3) is 0 Å². The zero-order chi connectivity index (χ0) is 14.3. The summed E-state index contributed by atoms with van der Waals surface area (Å²) in [5.41, 5.74) is 2.03. The van der Waals surface area contributed by atoms with Crippen LogP contribution in [-0.4, -0.2) is 21.1 Å². The average molecular weight is 347 g/mol. The lowest BCUT2D eigenvalue weighted by atomic mass is 9.94. The highest BCUT2D eigenvalue weighted by Crippen LogP contribution is 2.38. The van der Waals surface area contributed by atoms with E-state index in [-0.39, 0.29) is 0 Å². The van der Waals surface area contributed by atoms with Crippen LogP contribution in [0.4, 0.5) is 0 Å². The third-order valence-electron chi connectivity index (χ3n) is 4.06. The van der Waals surface area contributed by atoms with Crippen LogP contribution in [0.25, 0.3) is 11.0 Å². The van der Waals surface area contributed by atoms with Crippen LogP contribution in [0.1, 0.15) is 31.7 Å². The third kappa shape index (κ3) is 2.52. The second-order valence-corrected chi connectivity index (χ2v) is 7.49. The van der Waals surface area contributed by atoms with Crippen molar-refractivity contribution in [3.05, 3.63) is 26.9 Å². The molecule has 0 aliphatic heterocycles. The largest absolute Gasteiger partial charge is 0.331 e. The van der Waals surface area contributed by atoms with Gasteiger partial charge in [0.05, 0.1) is 21.1 Å². The molecule has 2 atom stereocenters. The maximum Gasteiger partial charge on any atom is 0.178 e. The molecule has 1 aromatic carbocycles. The molecule has 2 unspecified atom stereocenters. The van der Waals surface area contributed by atoms with Gasteiger partial charge in [0.2, 0.25) is 0 Å². The maximum atomic E-state index is 6.18. The summed E-state index contributed by atoms with van der Waals surface area (Å²) in [5.74, 6) is 0. The van der Waals surface area contributed by atoms with Crippen LogP contribution < -0.4 is 0 Å². The fraction of sp³-hybridized carbons (Fsp3) is 0.500. The molecule has 2 nitrogen and oxygen atoms in total. The predicted molar refractivity (Wildman–Crippen MR) is 92.0 cm³/mol. The molecule has 2 aromatic rings. The summed E-state index contributed by atoms with van der Waals surface area (Å²) in [7, 11) is 0. The Labute approximate surface area is 137 Å². The standard InChI is InChI=1S/C14H16Cl2N2S2/c1-20-13-5-3-2-4-11(13)18-12-7-9(16)8(15)6-10(12)17-14(18)19/h6-7,11,13H,2-5H2,1H3,(H,17,19). The number of nitrogens with one attached hydrogen (secondary N) is 1. The Kier molecular flexibility index (Phi) is 4.37. The Bertz CT molecular complexity index is 692. The van der Waals surface area contributed by atoms with E-state index in [1.165, 1.54) is 25.7 Å². The van der Waals surface area contributed by atoms with E-state index < -0.39 is 0 Å². The lowest BCUT2D eigenvalue weighted by Crippen LogP contribution is -2.25. The van der Waals surface area contributed by atoms with Gasteiger partial charge >= 0.3 is 0 Å².